The number of ether oxygens (including phenoxy) is 1. The summed E-state index contributed by atoms with van der Waals surface area (Å²) in [5.41, 5.74) is 2.54. The second-order valence-corrected chi connectivity index (χ2v) is 4.59. The minimum atomic E-state index is -0.443. The summed E-state index contributed by atoms with van der Waals surface area (Å²) in [6, 6.07) is 7.71. The third-order valence-electron chi connectivity index (χ3n) is 3.22. The molecule has 0 unspecified atom stereocenters. The quantitative estimate of drug-likeness (QED) is 0.749. The highest BCUT2D eigenvalue weighted by Gasteiger charge is 2.10. The Labute approximate surface area is 126 Å². The number of rotatable bonds is 3. The molecule has 0 saturated carbocycles. The summed E-state index contributed by atoms with van der Waals surface area (Å²) in [6.07, 6.45) is 4.54. The number of nitrogens with zero attached hydrogens (tertiary/aromatic N) is 3. The number of nitrogens with one attached hydrogen (secondary N) is 1. The number of esters is 1. The zero-order chi connectivity index (χ0) is 15.5. The fourth-order valence-corrected chi connectivity index (χ4v) is 2.15. The largest absolute Gasteiger partial charge is 0.462 e. The molecule has 0 aliphatic rings. The first-order chi connectivity index (χ1) is 10.7. The summed E-state index contributed by atoms with van der Waals surface area (Å²) in [4.78, 5) is 23.0. The maximum atomic E-state index is 11.6. The molecule has 6 nitrogen and oxygen atoms in total. The third-order valence-corrected chi connectivity index (χ3v) is 3.22. The lowest BCUT2D eigenvalue weighted by Crippen LogP contribution is -2.06. The van der Waals surface area contributed by atoms with Crippen LogP contribution in [-0.4, -0.2) is 27.5 Å². The molecule has 6 heteroatoms. The van der Waals surface area contributed by atoms with E-state index >= 15 is 0 Å². The number of carbonyl (C=O) groups excluding carboxylic acids is 1. The number of aromatic nitrogens is 3. The topological polar surface area (TPSA) is 91.7 Å². The Balaban J connectivity index is 1.97. The van der Waals surface area contributed by atoms with Gasteiger partial charge in [0.15, 0.2) is 5.82 Å². The molecule has 1 N–H and O–H groups in total. The highest BCUT2D eigenvalue weighted by Crippen LogP contribution is 2.23. The van der Waals surface area contributed by atoms with Crippen LogP contribution in [0, 0.1) is 11.3 Å². The normalized spacial score (nSPS) is 10.4. The lowest BCUT2D eigenvalue weighted by atomic mass is 10.1. The van der Waals surface area contributed by atoms with Gasteiger partial charge in [0.25, 0.3) is 0 Å². The Morgan fingerprint density at radius 3 is 2.82 bits per heavy atom. The van der Waals surface area contributed by atoms with Crippen molar-refractivity contribution in [2.45, 2.75) is 6.92 Å². The van der Waals surface area contributed by atoms with Crippen molar-refractivity contribution in [3.63, 3.8) is 0 Å². The van der Waals surface area contributed by atoms with Gasteiger partial charge in [-0.3, -0.25) is 0 Å². The van der Waals surface area contributed by atoms with Crippen LogP contribution in [0.15, 0.2) is 36.8 Å². The van der Waals surface area contributed by atoms with E-state index < -0.39 is 5.97 Å². The van der Waals surface area contributed by atoms with E-state index in [4.69, 9.17) is 10.00 Å². The number of H-pyrrole nitrogens is 1. The summed E-state index contributed by atoms with van der Waals surface area (Å²) in [6.45, 7) is 2.05. The second-order valence-electron chi connectivity index (χ2n) is 4.59. The van der Waals surface area contributed by atoms with Crippen LogP contribution < -0.4 is 0 Å². The van der Waals surface area contributed by atoms with Crippen molar-refractivity contribution >= 4 is 16.9 Å². The van der Waals surface area contributed by atoms with Crippen molar-refractivity contribution in [1.29, 1.82) is 5.26 Å². The Kier molecular flexibility index (Phi) is 3.54. The van der Waals surface area contributed by atoms with Gasteiger partial charge in [-0.1, -0.05) is 0 Å². The number of hydrogen-bond acceptors (Lipinski definition) is 5. The SMILES string of the molecule is CCOC(=O)c1cnc(-c2ccc3[nH]cc(C#N)c3c2)nc1. The number of nitriles is 1. The molecule has 22 heavy (non-hydrogen) atoms. The smallest absolute Gasteiger partial charge is 0.341 e. The van der Waals surface area contributed by atoms with Crippen molar-refractivity contribution in [2.24, 2.45) is 0 Å². The molecule has 0 spiro atoms. The van der Waals surface area contributed by atoms with Crippen LogP contribution in [0.4, 0.5) is 0 Å². The number of carbonyl (C=O) groups is 1. The molecule has 108 valence electrons. The van der Waals surface area contributed by atoms with Gasteiger partial charge in [0, 0.05) is 35.1 Å². The predicted octanol–water partition coefficient (Wildman–Crippen LogP) is 2.67. The first kappa shape index (κ1) is 13.8. The van der Waals surface area contributed by atoms with Crippen molar-refractivity contribution in [3.05, 3.63) is 47.9 Å². The molecule has 0 radical (unpaired) electrons. The molecule has 0 bridgehead atoms. The lowest BCUT2D eigenvalue weighted by Gasteiger charge is -2.03. The van der Waals surface area contributed by atoms with Crippen LogP contribution >= 0.6 is 0 Å². The van der Waals surface area contributed by atoms with Gasteiger partial charge in [-0.2, -0.15) is 5.26 Å². The van der Waals surface area contributed by atoms with Gasteiger partial charge < -0.3 is 9.72 Å². The molecule has 2 aromatic heterocycles. The van der Waals surface area contributed by atoms with Crippen molar-refractivity contribution in [1.82, 2.24) is 15.0 Å². The second kappa shape index (κ2) is 5.66. The first-order valence-corrected chi connectivity index (χ1v) is 6.73. The molecule has 0 aliphatic heterocycles. The molecular weight excluding hydrogens is 280 g/mol. The van der Waals surface area contributed by atoms with Crippen LogP contribution in [0.5, 0.6) is 0 Å². The van der Waals surface area contributed by atoms with Gasteiger partial charge in [-0.05, 0) is 25.1 Å². The van der Waals surface area contributed by atoms with Gasteiger partial charge in [-0.15, -0.1) is 0 Å². The van der Waals surface area contributed by atoms with E-state index in [2.05, 4.69) is 21.0 Å². The average Bonchev–Trinajstić information content (AvgIpc) is 2.97. The molecule has 1 aromatic carbocycles. The number of benzene rings is 1. The Morgan fingerprint density at radius 1 is 1.36 bits per heavy atom. The van der Waals surface area contributed by atoms with Crippen molar-refractivity contribution < 1.29 is 9.53 Å². The zero-order valence-corrected chi connectivity index (χ0v) is 11.8. The maximum absolute atomic E-state index is 11.6. The minimum Gasteiger partial charge on any atom is -0.462 e. The van der Waals surface area contributed by atoms with Crippen LogP contribution in [-0.2, 0) is 4.74 Å². The van der Waals surface area contributed by atoms with Gasteiger partial charge in [-0.25, -0.2) is 14.8 Å². The summed E-state index contributed by atoms with van der Waals surface area (Å²) in [5.74, 6) is 0.0435. The molecule has 3 aromatic rings. The molecule has 0 amide bonds. The highest BCUT2D eigenvalue weighted by atomic mass is 16.5. The molecule has 3 rings (SSSR count). The molecule has 0 saturated heterocycles. The monoisotopic (exact) mass is 292 g/mol. The number of fused-ring (bicyclic) bond motifs is 1. The molecular formula is C16H12N4O2. The lowest BCUT2D eigenvalue weighted by molar-refractivity contribution is 0.0525. The van der Waals surface area contributed by atoms with E-state index in [1.165, 1.54) is 12.4 Å². The molecule has 0 atom stereocenters. The van der Waals surface area contributed by atoms with Gasteiger partial charge >= 0.3 is 5.97 Å². The Morgan fingerprint density at radius 2 is 2.14 bits per heavy atom. The Hall–Kier alpha value is -3.20. The summed E-state index contributed by atoms with van der Waals surface area (Å²) in [7, 11) is 0. The summed E-state index contributed by atoms with van der Waals surface area (Å²) >= 11 is 0. The molecule has 0 aliphatic carbocycles. The standard InChI is InChI=1S/C16H12N4O2/c1-2-22-16(21)12-8-19-15(20-9-12)10-3-4-14-13(5-10)11(6-17)7-18-14/h3-5,7-9,18H,2H2,1H3. The van der Waals surface area contributed by atoms with Crippen LogP contribution in [0.25, 0.3) is 22.3 Å². The fourth-order valence-electron chi connectivity index (χ4n) is 2.15. The first-order valence-electron chi connectivity index (χ1n) is 6.73. The maximum Gasteiger partial charge on any atom is 0.341 e. The molecule has 2 heterocycles. The van der Waals surface area contributed by atoms with E-state index in [9.17, 15) is 4.79 Å². The van der Waals surface area contributed by atoms with Crippen LogP contribution in [0.1, 0.15) is 22.8 Å². The Bertz CT molecular complexity index is 875. The fraction of sp³-hybridized carbons (Fsp3) is 0.125. The summed E-state index contributed by atoms with van der Waals surface area (Å²) in [5, 5.41) is 9.90. The van der Waals surface area contributed by atoms with Gasteiger partial charge in [0.1, 0.15) is 6.07 Å². The summed E-state index contributed by atoms with van der Waals surface area (Å²) < 4.78 is 4.89. The van der Waals surface area contributed by atoms with Crippen LogP contribution in [0.3, 0.4) is 0 Å². The average molecular weight is 292 g/mol. The molecule has 0 fully saturated rings. The van der Waals surface area contributed by atoms with E-state index in [0.717, 1.165) is 16.5 Å². The predicted molar refractivity (Wildman–Crippen MR) is 80.0 cm³/mol. The van der Waals surface area contributed by atoms with Gasteiger partial charge in [0.2, 0.25) is 0 Å². The third kappa shape index (κ3) is 2.40. The van der Waals surface area contributed by atoms with Crippen molar-refractivity contribution in [3.8, 4) is 17.5 Å². The van der Waals surface area contributed by atoms with E-state index in [-0.39, 0.29) is 0 Å². The van der Waals surface area contributed by atoms with E-state index in [0.29, 0.717) is 23.6 Å². The van der Waals surface area contributed by atoms with Crippen LogP contribution in [0.2, 0.25) is 0 Å². The zero-order valence-electron chi connectivity index (χ0n) is 11.8. The van der Waals surface area contributed by atoms with E-state index in [1.54, 1.807) is 13.1 Å². The van der Waals surface area contributed by atoms with Crippen molar-refractivity contribution in [2.75, 3.05) is 6.61 Å². The number of aromatic amines is 1. The number of hydrogen-bond donors (Lipinski definition) is 1. The van der Waals surface area contributed by atoms with E-state index in [1.807, 2.05) is 18.2 Å². The minimum absolute atomic E-state index is 0.307. The highest BCUT2D eigenvalue weighted by molar-refractivity contribution is 5.90. The van der Waals surface area contributed by atoms with Gasteiger partial charge in [0.05, 0.1) is 17.7 Å².